The topological polar surface area (TPSA) is 54.0 Å². The monoisotopic (exact) mass is 392 g/mol. The molecule has 0 aliphatic carbocycles. The zero-order valence-corrected chi connectivity index (χ0v) is 16.8. The normalized spacial score (nSPS) is 10.3. The number of rotatable bonds is 9. The Morgan fingerprint density at radius 1 is 0.724 bits per heavy atom. The summed E-state index contributed by atoms with van der Waals surface area (Å²) in [7, 11) is 3.04. The lowest BCUT2D eigenvalue weighted by Crippen LogP contribution is -2.08. The molecule has 0 saturated carbocycles. The average Bonchev–Trinajstić information content (AvgIpc) is 2.76. The molecule has 0 aromatic heterocycles. The highest BCUT2D eigenvalue weighted by atomic mass is 16.5. The second-order valence-electron chi connectivity index (χ2n) is 6.42. The van der Waals surface area contributed by atoms with Gasteiger partial charge in [0, 0.05) is 6.07 Å². The minimum Gasteiger partial charge on any atom is -0.493 e. The van der Waals surface area contributed by atoms with Crippen LogP contribution in [0.3, 0.4) is 0 Å². The predicted octanol–water partition coefficient (Wildman–Crippen LogP) is 5.06. The fourth-order valence-electron chi connectivity index (χ4n) is 2.99. The van der Waals surface area contributed by atoms with E-state index in [2.05, 4.69) is 0 Å². The molecule has 150 valence electrons. The average molecular weight is 392 g/mol. The third-order valence-corrected chi connectivity index (χ3v) is 4.40. The van der Waals surface area contributed by atoms with Gasteiger partial charge in [0.1, 0.15) is 24.5 Å². The first-order valence-corrected chi connectivity index (χ1v) is 9.27. The number of hydrogen-bond acceptors (Lipinski definition) is 5. The lowest BCUT2D eigenvalue weighted by molar-refractivity contribution is 0.100. The van der Waals surface area contributed by atoms with Crippen molar-refractivity contribution in [2.24, 2.45) is 0 Å². The van der Waals surface area contributed by atoms with E-state index in [0.29, 0.717) is 41.8 Å². The van der Waals surface area contributed by atoms with E-state index in [1.54, 1.807) is 13.2 Å². The molecule has 0 aliphatic heterocycles. The van der Waals surface area contributed by atoms with Crippen molar-refractivity contribution in [2.75, 3.05) is 14.2 Å². The fraction of sp³-hybridized carbons (Fsp3) is 0.208. The van der Waals surface area contributed by atoms with Crippen molar-refractivity contribution in [1.29, 1.82) is 0 Å². The quantitative estimate of drug-likeness (QED) is 0.476. The summed E-state index contributed by atoms with van der Waals surface area (Å²) in [4.78, 5) is 12.4. The molecule has 0 bridgehead atoms. The Bertz CT molecular complexity index is 952. The molecule has 0 amide bonds. The van der Waals surface area contributed by atoms with E-state index < -0.39 is 0 Å². The third kappa shape index (κ3) is 4.88. The molecule has 3 aromatic carbocycles. The molecule has 0 atom stereocenters. The molecule has 5 nitrogen and oxygen atoms in total. The first-order valence-electron chi connectivity index (χ1n) is 9.27. The largest absolute Gasteiger partial charge is 0.493 e. The van der Waals surface area contributed by atoms with E-state index >= 15 is 0 Å². The maximum absolute atomic E-state index is 12.4. The van der Waals surface area contributed by atoms with Crippen molar-refractivity contribution in [3.8, 4) is 23.0 Å². The summed E-state index contributed by atoms with van der Waals surface area (Å²) >= 11 is 0. The number of benzene rings is 3. The summed E-state index contributed by atoms with van der Waals surface area (Å²) in [5, 5.41) is 0. The van der Waals surface area contributed by atoms with Crippen LogP contribution in [0.1, 0.15) is 28.4 Å². The highest BCUT2D eigenvalue weighted by Gasteiger charge is 2.25. The summed E-state index contributed by atoms with van der Waals surface area (Å²) in [6.07, 6.45) is 0. The van der Waals surface area contributed by atoms with Gasteiger partial charge in [0.25, 0.3) is 0 Å². The molecular weight excluding hydrogens is 368 g/mol. The zero-order valence-electron chi connectivity index (χ0n) is 16.8. The molecule has 0 spiro atoms. The van der Waals surface area contributed by atoms with Crippen LogP contribution in [-0.4, -0.2) is 20.0 Å². The van der Waals surface area contributed by atoms with Crippen LogP contribution >= 0.6 is 0 Å². The number of methoxy groups -OCH3 is 2. The zero-order chi connectivity index (χ0) is 20.6. The summed E-state index contributed by atoms with van der Waals surface area (Å²) in [5.41, 5.74) is 2.31. The lowest BCUT2D eigenvalue weighted by atomic mass is 10.1. The number of carbonyl (C=O) groups excluding carboxylic acids is 1. The Labute approximate surface area is 170 Å². The van der Waals surface area contributed by atoms with Gasteiger partial charge in [-0.2, -0.15) is 0 Å². The summed E-state index contributed by atoms with van der Waals surface area (Å²) in [5.74, 6) is 1.32. The maximum Gasteiger partial charge on any atom is 0.204 e. The van der Waals surface area contributed by atoms with Crippen molar-refractivity contribution < 1.29 is 23.7 Å². The molecule has 0 aliphatic rings. The van der Waals surface area contributed by atoms with E-state index in [-0.39, 0.29) is 5.78 Å². The van der Waals surface area contributed by atoms with Gasteiger partial charge < -0.3 is 18.9 Å². The van der Waals surface area contributed by atoms with Crippen LogP contribution in [0.25, 0.3) is 0 Å². The van der Waals surface area contributed by atoms with Gasteiger partial charge in [-0.3, -0.25) is 4.79 Å². The Morgan fingerprint density at radius 2 is 1.28 bits per heavy atom. The SMILES string of the molecule is COc1cc(OCc2ccccc2)c(C(C)=O)c(OC)c1OCc1ccccc1. The first-order chi connectivity index (χ1) is 14.1. The molecular formula is C24H24O5. The van der Waals surface area contributed by atoms with E-state index in [4.69, 9.17) is 18.9 Å². The van der Waals surface area contributed by atoms with Crippen LogP contribution in [0.15, 0.2) is 66.7 Å². The maximum atomic E-state index is 12.4. The number of ether oxygens (including phenoxy) is 4. The molecule has 0 unspecified atom stereocenters. The summed E-state index contributed by atoms with van der Waals surface area (Å²) < 4.78 is 23.0. The molecule has 3 aromatic rings. The number of Topliss-reactive ketones (excluding diaryl/α,β-unsaturated/α-hetero) is 1. The van der Waals surface area contributed by atoms with Crippen LogP contribution in [0.4, 0.5) is 0 Å². The molecule has 0 N–H and O–H groups in total. The van der Waals surface area contributed by atoms with Gasteiger partial charge in [-0.1, -0.05) is 60.7 Å². The van der Waals surface area contributed by atoms with Gasteiger partial charge >= 0.3 is 0 Å². The van der Waals surface area contributed by atoms with Crippen LogP contribution in [0.5, 0.6) is 23.0 Å². The van der Waals surface area contributed by atoms with Gasteiger partial charge in [0.15, 0.2) is 17.3 Å². The second-order valence-corrected chi connectivity index (χ2v) is 6.42. The molecule has 29 heavy (non-hydrogen) atoms. The molecule has 0 fully saturated rings. The highest BCUT2D eigenvalue weighted by molar-refractivity contribution is 6.01. The van der Waals surface area contributed by atoms with E-state index in [1.165, 1.54) is 14.0 Å². The first kappa shape index (κ1) is 20.3. The van der Waals surface area contributed by atoms with Crippen molar-refractivity contribution >= 4 is 5.78 Å². The number of ketones is 1. The van der Waals surface area contributed by atoms with Crippen LogP contribution in [0, 0.1) is 0 Å². The van der Waals surface area contributed by atoms with Crippen LogP contribution in [0.2, 0.25) is 0 Å². The molecule has 0 radical (unpaired) electrons. The Hall–Kier alpha value is -3.47. The lowest BCUT2D eigenvalue weighted by Gasteiger charge is -2.20. The van der Waals surface area contributed by atoms with Crippen molar-refractivity contribution in [1.82, 2.24) is 0 Å². The number of hydrogen-bond donors (Lipinski definition) is 0. The Kier molecular flexibility index (Phi) is 6.74. The Morgan fingerprint density at radius 3 is 1.76 bits per heavy atom. The van der Waals surface area contributed by atoms with Gasteiger partial charge in [0.05, 0.1) is 14.2 Å². The van der Waals surface area contributed by atoms with Crippen molar-refractivity contribution in [3.63, 3.8) is 0 Å². The van der Waals surface area contributed by atoms with Gasteiger partial charge in [-0.05, 0) is 18.1 Å². The second kappa shape index (κ2) is 9.64. The molecule has 3 rings (SSSR count). The van der Waals surface area contributed by atoms with Crippen molar-refractivity contribution in [3.05, 3.63) is 83.4 Å². The minimum atomic E-state index is -0.183. The van der Waals surface area contributed by atoms with E-state index in [0.717, 1.165) is 11.1 Å². The van der Waals surface area contributed by atoms with Gasteiger partial charge in [-0.25, -0.2) is 0 Å². The van der Waals surface area contributed by atoms with Gasteiger partial charge in [-0.15, -0.1) is 0 Å². The standard InChI is InChI=1S/C24H24O5/c1-17(25)22-20(28-15-18-10-6-4-7-11-18)14-21(26-2)23(24(22)27-3)29-16-19-12-8-5-9-13-19/h4-14H,15-16H2,1-3H3. The predicted molar refractivity (Wildman–Crippen MR) is 111 cm³/mol. The molecule has 5 heteroatoms. The van der Waals surface area contributed by atoms with Gasteiger partial charge in [0.2, 0.25) is 5.75 Å². The van der Waals surface area contributed by atoms with Crippen molar-refractivity contribution in [2.45, 2.75) is 20.1 Å². The summed E-state index contributed by atoms with van der Waals surface area (Å²) in [6, 6.07) is 21.1. The van der Waals surface area contributed by atoms with Crippen LogP contribution < -0.4 is 18.9 Å². The molecule has 0 saturated heterocycles. The fourth-order valence-corrected chi connectivity index (χ4v) is 2.99. The van der Waals surface area contributed by atoms with E-state index in [9.17, 15) is 4.79 Å². The minimum absolute atomic E-state index is 0.183. The Balaban J connectivity index is 1.95. The number of carbonyl (C=O) groups is 1. The summed E-state index contributed by atoms with van der Waals surface area (Å²) in [6.45, 7) is 2.10. The van der Waals surface area contributed by atoms with Crippen LogP contribution in [-0.2, 0) is 13.2 Å². The highest BCUT2D eigenvalue weighted by Crippen LogP contribution is 2.46. The van der Waals surface area contributed by atoms with E-state index in [1.807, 2.05) is 60.7 Å². The third-order valence-electron chi connectivity index (χ3n) is 4.40. The molecule has 0 heterocycles. The smallest absolute Gasteiger partial charge is 0.204 e.